The molecule has 20 heavy (non-hydrogen) atoms. The first-order chi connectivity index (χ1) is 9.65. The Labute approximate surface area is 130 Å². The molecular formula is C15H13IN2O2. The van der Waals surface area contributed by atoms with Crippen molar-refractivity contribution in [3.63, 3.8) is 0 Å². The molecule has 0 aliphatic rings. The second-order valence-corrected chi connectivity index (χ2v) is 5.32. The lowest BCUT2D eigenvalue weighted by Crippen LogP contribution is -2.19. The number of carbonyl (C=O) groups is 1. The van der Waals surface area contributed by atoms with Gasteiger partial charge in [0, 0.05) is 9.13 Å². The topological polar surface area (TPSA) is 61.7 Å². The molecule has 1 amide bonds. The highest BCUT2D eigenvalue weighted by atomic mass is 127. The number of phenols is 1. The summed E-state index contributed by atoms with van der Waals surface area (Å²) in [4.78, 5) is 11.7. The van der Waals surface area contributed by atoms with Gasteiger partial charge in [0.05, 0.1) is 12.6 Å². The third-order valence-corrected chi connectivity index (χ3v) is 3.56. The van der Waals surface area contributed by atoms with Crippen molar-refractivity contribution in [3.05, 3.63) is 63.2 Å². The van der Waals surface area contributed by atoms with Gasteiger partial charge in [-0.1, -0.05) is 30.3 Å². The maximum absolute atomic E-state index is 11.7. The number of hydrogen-bond donors (Lipinski definition) is 2. The smallest absolute Gasteiger partial charge is 0.244 e. The summed E-state index contributed by atoms with van der Waals surface area (Å²) in [5, 5.41) is 13.2. The van der Waals surface area contributed by atoms with Gasteiger partial charge < -0.3 is 5.11 Å². The quantitative estimate of drug-likeness (QED) is 0.487. The molecule has 0 heterocycles. The molecule has 0 saturated heterocycles. The monoisotopic (exact) mass is 380 g/mol. The highest BCUT2D eigenvalue weighted by Crippen LogP contribution is 2.11. The van der Waals surface area contributed by atoms with E-state index in [0.717, 1.165) is 14.7 Å². The van der Waals surface area contributed by atoms with E-state index in [2.05, 4.69) is 33.1 Å². The third kappa shape index (κ3) is 4.34. The number of benzene rings is 2. The van der Waals surface area contributed by atoms with Crippen molar-refractivity contribution in [1.82, 2.24) is 5.43 Å². The van der Waals surface area contributed by atoms with E-state index in [4.69, 9.17) is 0 Å². The molecule has 0 saturated carbocycles. The van der Waals surface area contributed by atoms with Gasteiger partial charge in [-0.3, -0.25) is 4.79 Å². The van der Waals surface area contributed by atoms with Crippen LogP contribution in [0.25, 0.3) is 0 Å². The molecule has 0 bridgehead atoms. The second-order valence-electron chi connectivity index (χ2n) is 4.16. The first kappa shape index (κ1) is 14.5. The van der Waals surface area contributed by atoms with Crippen LogP contribution in [-0.4, -0.2) is 17.2 Å². The summed E-state index contributed by atoms with van der Waals surface area (Å²) in [6.45, 7) is 0. The van der Waals surface area contributed by atoms with Gasteiger partial charge in [-0.2, -0.15) is 5.10 Å². The van der Waals surface area contributed by atoms with Crippen LogP contribution in [0, 0.1) is 3.57 Å². The molecule has 0 fully saturated rings. The number of amides is 1. The molecule has 102 valence electrons. The number of nitrogens with zero attached hydrogens (tertiary/aromatic N) is 1. The molecule has 0 atom stereocenters. The van der Waals surface area contributed by atoms with Gasteiger partial charge in [0.25, 0.3) is 0 Å². The van der Waals surface area contributed by atoms with E-state index in [1.54, 1.807) is 30.5 Å². The lowest BCUT2D eigenvalue weighted by molar-refractivity contribution is -0.120. The molecule has 2 N–H and O–H groups in total. The molecular weight excluding hydrogens is 367 g/mol. The summed E-state index contributed by atoms with van der Waals surface area (Å²) in [7, 11) is 0. The summed E-state index contributed by atoms with van der Waals surface area (Å²) in [5.41, 5.74) is 4.16. The molecule has 0 aliphatic carbocycles. The van der Waals surface area contributed by atoms with Crippen LogP contribution in [0.5, 0.6) is 5.75 Å². The Bertz CT molecular complexity index is 641. The minimum atomic E-state index is -0.224. The predicted molar refractivity (Wildman–Crippen MR) is 86.7 cm³/mol. The predicted octanol–water partition coefficient (Wildman–Crippen LogP) is 2.69. The molecule has 0 aliphatic heterocycles. The van der Waals surface area contributed by atoms with Gasteiger partial charge >= 0.3 is 0 Å². The lowest BCUT2D eigenvalue weighted by atomic mass is 10.1. The standard InChI is InChI=1S/C15H13IN2O2/c16-14-7-2-1-5-12(14)10-17-18-15(20)9-11-4-3-6-13(19)8-11/h1-8,10,19H,9H2,(H,18,20)/b17-10+. The normalized spacial score (nSPS) is 10.7. The Morgan fingerprint density at radius 3 is 2.80 bits per heavy atom. The highest BCUT2D eigenvalue weighted by molar-refractivity contribution is 14.1. The molecule has 0 unspecified atom stereocenters. The summed E-state index contributed by atoms with van der Waals surface area (Å²) < 4.78 is 1.07. The van der Waals surface area contributed by atoms with Crippen LogP contribution in [-0.2, 0) is 11.2 Å². The Kier molecular flexibility index (Phi) is 5.11. The molecule has 0 spiro atoms. The van der Waals surface area contributed by atoms with E-state index in [-0.39, 0.29) is 18.1 Å². The fourth-order valence-corrected chi connectivity index (χ4v) is 2.17. The van der Waals surface area contributed by atoms with Gasteiger partial charge in [-0.15, -0.1) is 0 Å². The Morgan fingerprint density at radius 1 is 1.25 bits per heavy atom. The van der Waals surface area contributed by atoms with Gasteiger partial charge in [0.15, 0.2) is 0 Å². The van der Waals surface area contributed by atoms with Crippen LogP contribution in [0.2, 0.25) is 0 Å². The molecule has 2 aromatic carbocycles. The van der Waals surface area contributed by atoms with Gasteiger partial charge in [0.2, 0.25) is 5.91 Å². The van der Waals surface area contributed by atoms with Gasteiger partial charge in [-0.25, -0.2) is 5.43 Å². The Morgan fingerprint density at radius 2 is 2.05 bits per heavy atom. The van der Waals surface area contributed by atoms with Crippen molar-refractivity contribution in [3.8, 4) is 5.75 Å². The van der Waals surface area contributed by atoms with Crippen molar-refractivity contribution >= 4 is 34.7 Å². The number of hydrazone groups is 1. The first-order valence-electron chi connectivity index (χ1n) is 5.99. The zero-order valence-corrected chi connectivity index (χ0v) is 12.7. The zero-order chi connectivity index (χ0) is 14.4. The fraction of sp³-hybridized carbons (Fsp3) is 0.0667. The van der Waals surface area contributed by atoms with E-state index in [9.17, 15) is 9.90 Å². The summed E-state index contributed by atoms with van der Waals surface area (Å²) in [6, 6.07) is 14.4. The second kappa shape index (κ2) is 7.04. The van der Waals surface area contributed by atoms with Crippen LogP contribution in [0.15, 0.2) is 53.6 Å². The van der Waals surface area contributed by atoms with Crippen LogP contribution < -0.4 is 5.43 Å². The molecule has 4 nitrogen and oxygen atoms in total. The number of hydrogen-bond acceptors (Lipinski definition) is 3. The third-order valence-electron chi connectivity index (χ3n) is 2.57. The molecule has 5 heteroatoms. The summed E-state index contributed by atoms with van der Waals surface area (Å²) in [5.74, 6) is -0.0737. The Balaban J connectivity index is 1.91. The molecule has 2 aromatic rings. The summed E-state index contributed by atoms with van der Waals surface area (Å²) in [6.07, 6.45) is 1.79. The minimum absolute atomic E-state index is 0.151. The minimum Gasteiger partial charge on any atom is -0.508 e. The van der Waals surface area contributed by atoms with E-state index >= 15 is 0 Å². The molecule has 0 aromatic heterocycles. The SMILES string of the molecule is O=C(Cc1cccc(O)c1)N/N=C/c1ccccc1I. The van der Waals surface area contributed by atoms with E-state index in [1.165, 1.54) is 0 Å². The average molecular weight is 380 g/mol. The van der Waals surface area contributed by atoms with Crippen LogP contribution in [0.3, 0.4) is 0 Å². The first-order valence-corrected chi connectivity index (χ1v) is 7.07. The van der Waals surface area contributed by atoms with E-state index < -0.39 is 0 Å². The van der Waals surface area contributed by atoms with E-state index in [1.807, 2.05) is 24.3 Å². The van der Waals surface area contributed by atoms with Crippen LogP contribution >= 0.6 is 22.6 Å². The van der Waals surface area contributed by atoms with Gasteiger partial charge in [-0.05, 0) is 46.4 Å². The van der Waals surface area contributed by atoms with Crippen LogP contribution in [0.4, 0.5) is 0 Å². The number of rotatable bonds is 4. The number of nitrogens with one attached hydrogen (secondary N) is 1. The van der Waals surface area contributed by atoms with Crippen LogP contribution in [0.1, 0.15) is 11.1 Å². The largest absolute Gasteiger partial charge is 0.508 e. The molecule has 0 radical (unpaired) electrons. The zero-order valence-electron chi connectivity index (χ0n) is 10.6. The highest BCUT2D eigenvalue weighted by Gasteiger charge is 2.02. The van der Waals surface area contributed by atoms with Crippen molar-refractivity contribution in [2.45, 2.75) is 6.42 Å². The lowest BCUT2D eigenvalue weighted by Gasteiger charge is -2.01. The van der Waals surface area contributed by atoms with E-state index in [0.29, 0.717) is 0 Å². The maximum atomic E-state index is 11.7. The number of halogens is 1. The van der Waals surface area contributed by atoms with Crippen molar-refractivity contribution in [2.75, 3.05) is 0 Å². The average Bonchev–Trinajstić information content (AvgIpc) is 2.41. The number of phenolic OH excluding ortho intramolecular Hbond substituents is 1. The summed E-state index contributed by atoms with van der Waals surface area (Å²) >= 11 is 2.21. The molecule has 2 rings (SSSR count). The van der Waals surface area contributed by atoms with Gasteiger partial charge in [0.1, 0.15) is 5.75 Å². The number of aromatic hydroxyl groups is 1. The maximum Gasteiger partial charge on any atom is 0.244 e. The van der Waals surface area contributed by atoms with Crippen molar-refractivity contribution in [1.29, 1.82) is 0 Å². The van der Waals surface area contributed by atoms with Crippen molar-refractivity contribution in [2.24, 2.45) is 5.10 Å². The fourth-order valence-electron chi connectivity index (χ4n) is 1.64. The van der Waals surface area contributed by atoms with Crippen molar-refractivity contribution < 1.29 is 9.90 Å². The number of carbonyl (C=O) groups excluding carboxylic acids is 1. The Hall–Kier alpha value is -1.89.